The lowest BCUT2D eigenvalue weighted by Crippen LogP contribution is -2.19. The highest BCUT2D eigenvalue weighted by Crippen LogP contribution is 2.21. The summed E-state index contributed by atoms with van der Waals surface area (Å²) in [6.45, 7) is 2.69. The van der Waals surface area contributed by atoms with E-state index < -0.39 is 0 Å². The van der Waals surface area contributed by atoms with Crippen LogP contribution in [0, 0.1) is 5.82 Å². The zero-order chi connectivity index (χ0) is 15.4. The minimum absolute atomic E-state index is 0.0355. The Morgan fingerprint density at radius 3 is 2.38 bits per heavy atom. The molecule has 2 nitrogen and oxygen atoms in total. The van der Waals surface area contributed by atoms with Crippen LogP contribution < -0.4 is 10.2 Å². The molecule has 0 radical (unpaired) electrons. The molecule has 4 heteroatoms. The first-order valence-corrected chi connectivity index (χ1v) is 7.71. The van der Waals surface area contributed by atoms with Crippen molar-refractivity contribution in [2.24, 2.45) is 0 Å². The van der Waals surface area contributed by atoms with E-state index in [1.807, 2.05) is 33.2 Å². The van der Waals surface area contributed by atoms with Crippen molar-refractivity contribution in [1.29, 1.82) is 0 Å². The summed E-state index contributed by atoms with van der Waals surface area (Å²) >= 11 is 3.28. The highest BCUT2D eigenvalue weighted by atomic mass is 79.9. The average Bonchev–Trinajstić information content (AvgIpc) is 2.45. The first-order chi connectivity index (χ1) is 9.97. The van der Waals surface area contributed by atoms with Crippen molar-refractivity contribution < 1.29 is 4.39 Å². The maximum absolute atomic E-state index is 13.9. The van der Waals surface area contributed by atoms with E-state index in [2.05, 4.69) is 50.4 Å². The number of rotatable bonds is 5. The van der Waals surface area contributed by atoms with Crippen LogP contribution in [0.5, 0.6) is 0 Å². The molecular weight excluding hydrogens is 331 g/mol. The van der Waals surface area contributed by atoms with E-state index in [1.54, 1.807) is 0 Å². The van der Waals surface area contributed by atoms with Gasteiger partial charge in [-0.1, -0.05) is 34.1 Å². The molecule has 0 heterocycles. The molecular formula is C17H20BrFN2. The van der Waals surface area contributed by atoms with Crippen molar-refractivity contribution in [1.82, 2.24) is 5.32 Å². The molecule has 0 aliphatic rings. The number of nitrogens with zero attached hydrogens (tertiary/aromatic N) is 1. The van der Waals surface area contributed by atoms with Crippen LogP contribution in [-0.2, 0) is 6.54 Å². The SMILES string of the molecule is CC(NCc1ccc(N(C)C)cc1)c1ccc(Br)cc1F. The Morgan fingerprint density at radius 2 is 1.81 bits per heavy atom. The summed E-state index contributed by atoms with van der Waals surface area (Å²) in [7, 11) is 4.04. The van der Waals surface area contributed by atoms with Gasteiger partial charge in [-0.15, -0.1) is 0 Å². The molecule has 2 aromatic rings. The Labute approximate surface area is 134 Å². The van der Waals surface area contributed by atoms with E-state index in [0.29, 0.717) is 12.1 Å². The lowest BCUT2D eigenvalue weighted by Gasteiger charge is -2.16. The van der Waals surface area contributed by atoms with E-state index in [9.17, 15) is 4.39 Å². The molecule has 1 N–H and O–H groups in total. The molecule has 1 atom stereocenters. The lowest BCUT2D eigenvalue weighted by molar-refractivity contribution is 0.528. The summed E-state index contributed by atoms with van der Waals surface area (Å²) in [4.78, 5) is 2.07. The Kier molecular flexibility index (Phi) is 5.37. The van der Waals surface area contributed by atoms with E-state index in [4.69, 9.17) is 0 Å². The molecule has 21 heavy (non-hydrogen) atoms. The fraction of sp³-hybridized carbons (Fsp3) is 0.294. The molecule has 0 aromatic heterocycles. The van der Waals surface area contributed by atoms with Crippen molar-refractivity contribution in [2.75, 3.05) is 19.0 Å². The van der Waals surface area contributed by atoms with Crippen molar-refractivity contribution >= 4 is 21.6 Å². The standard InChI is InChI=1S/C17H20BrFN2/c1-12(16-9-6-14(18)10-17(16)19)20-11-13-4-7-15(8-5-13)21(2)3/h4-10,12,20H,11H2,1-3H3. The summed E-state index contributed by atoms with van der Waals surface area (Å²) < 4.78 is 14.7. The van der Waals surface area contributed by atoms with Gasteiger partial charge in [0.1, 0.15) is 5.82 Å². The van der Waals surface area contributed by atoms with Gasteiger partial charge < -0.3 is 10.2 Å². The van der Waals surface area contributed by atoms with Gasteiger partial charge in [0, 0.05) is 42.4 Å². The van der Waals surface area contributed by atoms with E-state index in [0.717, 1.165) is 4.47 Å². The second kappa shape index (κ2) is 7.05. The van der Waals surface area contributed by atoms with Crippen LogP contribution in [0.3, 0.4) is 0 Å². The summed E-state index contributed by atoms with van der Waals surface area (Å²) in [6.07, 6.45) is 0. The molecule has 2 aromatic carbocycles. The molecule has 0 spiro atoms. The number of hydrogen-bond donors (Lipinski definition) is 1. The topological polar surface area (TPSA) is 15.3 Å². The molecule has 0 aliphatic heterocycles. The molecule has 0 saturated heterocycles. The van der Waals surface area contributed by atoms with Crippen LogP contribution >= 0.6 is 15.9 Å². The third-order valence-corrected chi connectivity index (χ3v) is 3.99. The largest absolute Gasteiger partial charge is 0.378 e. The smallest absolute Gasteiger partial charge is 0.129 e. The fourth-order valence-electron chi connectivity index (χ4n) is 2.15. The summed E-state index contributed by atoms with van der Waals surface area (Å²) in [5.41, 5.74) is 3.04. The number of benzene rings is 2. The molecule has 0 fully saturated rings. The van der Waals surface area contributed by atoms with Crippen LogP contribution in [0.15, 0.2) is 46.9 Å². The van der Waals surface area contributed by atoms with Crippen molar-refractivity contribution in [2.45, 2.75) is 19.5 Å². The monoisotopic (exact) mass is 350 g/mol. The van der Waals surface area contributed by atoms with Gasteiger partial charge in [0.2, 0.25) is 0 Å². The minimum Gasteiger partial charge on any atom is -0.378 e. The average molecular weight is 351 g/mol. The maximum Gasteiger partial charge on any atom is 0.129 e. The van der Waals surface area contributed by atoms with Crippen LogP contribution in [0.4, 0.5) is 10.1 Å². The van der Waals surface area contributed by atoms with Crippen molar-refractivity contribution in [3.05, 3.63) is 63.9 Å². The van der Waals surface area contributed by atoms with Gasteiger partial charge in [0.15, 0.2) is 0 Å². The molecule has 112 valence electrons. The highest BCUT2D eigenvalue weighted by molar-refractivity contribution is 9.10. The van der Waals surface area contributed by atoms with Crippen LogP contribution in [0.1, 0.15) is 24.1 Å². The third kappa shape index (κ3) is 4.29. The first kappa shape index (κ1) is 16.0. The van der Waals surface area contributed by atoms with Crippen LogP contribution in [0.25, 0.3) is 0 Å². The van der Waals surface area contributed by atoms with E-state index in [1.165, 1.54) is 17.3 Å². The van der Waals surface area contributed by atoms with Crippen molar-refractivity contribution in [3.63, 3.8) is 0 Å². The van der Waals surface area contributed by atoms with E-state index >= 15 is 0 Å². The molecule has 0 bridgehead atoms. The number of nitrogens with one attached hydrogen (secondary N) is 1. The molecule has 0 saturated carbocycles. The first-order valence-electron chi connectivity index (χ1n) is 6.92. The van der Waals surface area contributed by atoms with Crippen LogP contribution in [-0.4, -0.2) is 14.1 Å². The van der Waals surface area contributed by atoms with Gasteiger partial charge in [-0.25, -0.2) is 4.39 Å². The summed E-state index contributed by atoms with van der Waals surface area (Å²) in [5.74, 6) is -0.188. The second-order valence-electron chi connectivity index (χ2n) is 5.33. The fourth-order valence-corrected chi connectivity index (χ4v) is 2.48. The van der Waals surface area contributed by atoms with Gasteiger partial charge in [-0.05, 0) is 36.8 Å². The normalized spacial score (nSPS) is 12.2. The highest BCUT2D eigenvalue weighted by Gasteiger charge is 2.10. The number of halogens is 2. The quantitative estimate of drug-likeness (QED) is 0.853. The van der Waals surface area contributed by atoms with Gasteiger partial charge in [-0.3, -0.25) is 0 Å². The van der Waals surface area contributed by atoms with Crippen molar-refractivity contribution in [3.8, 4) is 0 Å². The third-order valence-electron chi connectivity index (χ3n) is 3.49. The summed E-state index contributed by atoms with van der Waals surface area (Å²) in [6, 6.07) is 13.5. The second-order valence-corrected chi connectivity index (χ2v) is 6.24. The Hall–Kier alpha value is -1.39. The number of anilines is 1. The Bertz CT molecular complexity index is 596. The Morgan fingerprint density at radius 1 is 1.14 bits per heavy atom. The van der Waals surface area contributed by atoms with Gasteiger partial charge in [0.25, 0.3) is 0 Å². The summed E-state index contributed by atoms with van der Waals surface area (Å²) in [5, 5.41) is 3.36. The van der Waals surface area contributed by atoms with Gasteiger partial charge in [0.05, 0.1) is 0 Å². The molecule has 0 amide bonds. The Balaban J connectivity index is 1.98. The predicted octanol–water partition coefficient (Wildman–Crippen LogP) is 4.51. The minimum atomic E-state index is -0.188. The van der Waals surface area contributed by atoms with Gasteiger partial charge >= 0.3 is 0 Å². The number of hydrogen-bond acceptors (Lipinski definition) is 2. The molecule has 1 unspecified atom stereocenters. The zero-order valence-corrected chi connectivity index (χ0v) is 14.1. The molecule has 0 aliphatic carbocycles. The van der Waals surface area contributed by atoms with Gasteiger partial charge in [-0.2, -0.15) is 0 Å². The molecule has 2 rings (SSSR count). The zero-order valence-electron chi connectivity index (χ0n) is 12.5. The maximum atomic E-state index is 13.9. The lowest BCUT2D eigenvalue weighted by atomic mass is 10.1. The van der Waals surface area contributed by atoms with Crippen LogP contribution in [0.2, 0.25) is 0 Å². The predicted molar refractivity (Wildman–Crippen MR) is 90.1 cm³/mol. The van der Waals surface area contributed by atoms with E-state index in [-0.39, 0.29) is 11.9 Å².